The molecule has 0 spiro atoms. The second kappa shape index (κ2) is 14.4. The van der Waals surface area contributed by atoms with Crippen molar-refractivity contribution in [2.75, 3.05) is 0 Å². The first-order chi connectivity index (χ1) is 18.0. The van der Waals surface area contributed by atoms with Crippen molar-refractivity contribution in [1.82, 2.24) is 25.9 Å². The van der Waals surface area contributed by atoms with Gasteiger partial charge in [0, 0.05) is 31.2 Å². The Hall–Kier alpha value is -4.30. The van der Waals surface area contributed by atoms with Gasteiger partial charge in [-0.2, -0.15) is 0 Å². The maximum atomic E-state index is 13.0. The highest BCUT2D eigenvalue weighted by Gasteiger charge is 2.32. The number of carbonyl (C=O) groups is 5. The number of hydrogen-bond acceptors (Lipinski definition) is 8. The van der Waals surface area contributed by atoms with Crippen molar-refractivity contribution < 1.29 is 34.2 Å². The monoisotopic (exact) mass is 531 g/mol. The molecule has 0 aliphatic carbocycles. The molecule has 5 atom stereocenters. The number of benzene rings is 1. The number of imidazole rings is 1. The van der Waals surface area contributed by atoms with Gasteiger partial charge in [-0.25, -0.2) is 9.78 Å². The molecule has 0 bridgehead atoms. The van der Waals surface area contributed by atoms with Crippen LogP contribution in [-0.2, 0) is 36.8 Å². The van der Waals surface area contributed by atoms with Crippen LogP contribution in [0.5, 0.6) is 0 Å². The SMILES string of the molecule is CC(O)C(NC(=O)C(N)Cc1cnc[nH]1)C(=O)NC(CCC(N)=O)C(=O)NC(Cc1ccccc1)C(=O)O. The van der Waals surface area contributed by atoms with Crippen molar-refractivity contribution in [3.8, 4) is 0 Å². The number of aromatic nitrogens is 2. The number of nitrogens with one attached hydrogen (secondary N) is 4. The molecule has 0 aliphatic rings. The number of aliphatic hydroxyl groups excluding tert-OH is 1. The largest absolute Gasteiger partial charge is 0.480 e. The lowest BCUT2D eigenvalue weighted by Gasteiger charge is -2.26. The molecule has 0 aliphatic heterocycles. The summed E-state index contributed by atoms with van der Waals surface area (Å²) in [5.74, 6) is -4.62. The van der Waals surface area contributed by atoms with Crippen LogP contribution in [0.15, 0.2) is 42.9 Å². The second-order valence-corrected chi connectivity index (χ2v) is 8.77. The third-order valence-electron chi connectivity index (χ3n) is 5.60. The average Bonchev–Trinajstić information content (AvgIpc) is 3.37. The molecule has 5 unspecified atom stereocenters. The van der Waals surface area contributed by atoms with E-state index in [2.05, 4.69) is 25.9 Å². The van der Waals surface area contributed by atoms with Crippen LogP contribution in [0.3, 0.4) is 0 Å². The van der Waals surface area contributed by atoms with E-state index in [0.29, 0.717) is 11.3 Å². The van der Waals surface area contributed by atoms with Crippen molar-refractivity contribution in [2.24, 2.45) is 11.5 Å². The van der Waals surface area contributed by atoms with E-state index >= 15 is 0 Å². The Bertz CT molecular complexity index is 1090. The lowest BCUT2D eigenvalue weighted by molar-refractivity contribution is -0.142. The van der Waals surface area contributed by atoms with Crippen LogP contribution in [0.1, 0.15) is 31.0 Å². The lowest BCUT2D eigenvalue weighted by atomic mass is 10.0. The van der Waals surface area contributed by atoms with Gasteiger partial charge in [-0.3, -0.25) is 19.2 Å². The summed E-state index contributed by atoms with van der Waals surface area (Å²) >= 11 is 0. The smallest absolute Gasteiger partial charge is 0.326 e. The van der Waals surface area contributed by atoms with Gasteiger partial charge in [0.2, 0.25) is 23.6 Å². The van der Waals surface area contributed by atoms with E-state index in [0.717, 1.165) is 0 Å². The highest BCUT2D eigenvalue weighted by atomic mass is 16.4. The summed E-state index contributed by atoms with van der Waals surface area (Å²) in [7, 11) is 0. The normalized spacial score (nSPS) is 14.8. The minimum Gasteiger partial charge on any atom is -0.480 e. The van der Waals surface area contributed by atoms with Gasteiger partial charge in [0.25, 0.3) is 0 Å². The number of H-pyrrole nitrogens is 1. The molecular formula is C24H33N7O7. The van der Waals surface area contributed by atoms with Crippen LogP contribution in [0.4, 0.5) is 0 Å². The minimum atomic E-state index is -1.50. The number of aromatic amines is 1. The first-order valence-electron chi connectivity index (χ1n) is 11.8. The number of carboxylic acids is 1. The fraction of sp³-hybridized carbons (Fsp3) is 0.417. The summed E-state index contributed by atoms with van der Waals surface area (Å²) in [5.41, 5.74) is 12.3. The van der Waals surface area contributed by atoms with Gasteiger partial charge < -0.3 is 42.6 Å². The average molecular weight is 532 g/mol. The number of carboxylic acid groups (broad SMARTS) is 1. The number of hydrogen-bond donors (Lipinski definition) is 8. The van der Waals surface area contributed by atoms with Crippen LogP contribution >= 0.6 is 0 Å². The van der Waals surface area contributed by atoms with E-state index in [1.807, 2.05) is 0 Å². The van der Waals surface area contributed by atoms with Crippen molar-refractivity contribution in [1.29, 1.82) is 0 Å². The Kier molecular flexibility index (Phi) is 11.4. The Morgan fingerprint density at radius 1 is 0.974 bits per heavy atom. The number of amides is 4. The van der Waals surface area contributed by atoms with Crippen LogP contribution in [0, 0.1) is 0 Å². The van der Waals surface area contributed by atoms with E-state index in [1.54, 1.807) is 30.3 Å². The molecule has 4 amide bonds. The molecular weight excluding hydrogens is 498 g/mol. The number of carbonyl (C=O) groups excluding carboxylic acids is 4. The quantitative estimate of drug-likeness (QED) is 0.123. The summed E-state index contributed by atoms with van der Waals surface area (Å²) in [4.78, 5) is 68.2. The molecule has 2 rings (SSSR count). The van der Waals surface area contributed by atoms with Crippen molar-refractivity contribution in [3.05, 3.63) is 54.1 Å². The summed E-state index contributed by atoms with van der Waals surface area (Å²) in [6.45, 7) is 1.25. The fourth-order valence-electron chi connectivity index (χ4n) is 3.53. The second-order valence-electron chi connectivity index (χ2n) is 8.77. The van der Waals surface area contributed by atoms with Gasteiger partial charge in [0.1, 0.15) is 18.1 Å². The van der Waals surface area contributed by atoms with Gasteiger partial charge in [-0.1, -0.05) is 30.3 Å². The molecule has 0 saturated heterocycles. The Morgan fingerprint density at radius 2 is 1.63 bits per heavy atom. The summed E-state index contributed by atoms with van der Waals surface area (Å²) < 4.78 is 0. The van der Waals surface area contributed by atoms with Gasteiger partial charge in [-0.05, 0) is 18.9 Å². The molecule has 38 heavy (non-hydrogen) atoms. The zero-order valence-corrected chi connectivity index (χ0v) is 20.8. The molecule has 0 fully saturated rings. The van der Waals surface area contributed by atoms with E-state index in [-0.39, 0.29) is 25.7 Å². The molecule has 14 heteroatoms. The van der Waals surface area contributed by atoms with Gasteiger partial charge in [-0.15, -0.1) is 0 Å². The van der Waals surface area contributed by atoms with Crippen LogP contribution < -0.4 is 27.4 Å². The van der Waals surface area contributed by atoms with Gasteiger partial charge in [0.05, 0.1) is 18.5 Å². The maximum Gasteiger partial charge on any atom is 0.326 e. The highest BCUT2D eigenvalue weighted by molar-refractivity contribution is 5.94. The van der Waals surface area contributed by atoms with Crippen LogP contribution in [-0.4, -0.2) is 80.1 Å². The van der Waals surface area contributed by atoms with E-state index in [9.17, 15) is 34.2 Å². The molecule has 206 valence electrons. The Labute approximate surface area is 218 Å². The van der Waals surface area contributed by atoms with Gasteiger partial charge in [0.15, 0.2) is 0 Å². The van der Waals surface area contributed by atoms with Crippen molar-refractivity contribution in [2.45, 2.75) is 62.9 Å². The number of nitrogens with two attached hydrogens (primary N) is 2. The number of primary amides is 1. The van der Waals surface area contributed by atoms with E-state index in [1.165, 1.54) is 19.4 Å². The molecule has 1 aromatic carbocycles. The predicted molar refractivity (Wildman–Crippen MR) is 134 cm³/mol. The molecule has 1 heterocycles. The van der Waals surface area contributed by atoms with Crippen molar-refractivity contribution in [3.63, 3.8) is 0 Å². The molecule has 1 aromatic heterocycles. The summed E-state index contributed by atoms with van der Waals surface area (Å²) in [6.07, 6.45) is 1.03. The third-order valence-corrected chi connectivity index (χ3v) is 5.60. The van der Waals surface area contributed by atoms with Gasteiger partial charge >= 0.3 is 5.97 Å². The molecule has 14 nitrogen and oxygen atoms in total. The molecule has 10 N–H and O–H groups in total. The summed E-state index contributed by atoms with van der Waals surface area (Å²) in [6, 6.07) is 3.30. The maximum absolute atomic E-state index is 13.0. The fourth-order valence-corrected chi connectivity index (χ4v) is 3.53. The number of rotatable bonds is 15. The molecule has 2 aromatic rings. The highest BCUT2D eigenvalue weighted by Crippen LogP contribution is 2.07. The third kappa shape index (κ3) is 9.63. The Morgan fingerprint density at radius 3 is 2.18 bits per heavy atom. The number of aliphatic carboxylic acids is 1. The Balaban J connectivity index is 2.11. The standard InChI is InChI=1S/C24H33N7O7/c1-13(32)20(31-21(34)16(25)10-15-11-27-12-28-15)23(36)29-17(7-8-19(26)33)22(35)30-18(24(37)38)9-14-5-3-2-4-6-14/h2-6,11-13,16-18,20,32H,7-10,25H2,1H3,(H2,26,33)(H,27,28)(H,29,36)(H,30,35)(H,31,34)(H,37,38). The minimum absolute atomic E-state index is 0.0288. The molecule has 0 saturated carbocycles. The summed E-state index contributed by atoms with van der Waals surface area (Å²) in [5, 5.41) is 26.8. The van der Waals surface area contributed by atoms with E-state index < -0.39 is 59.9 Å². The first-order valence-corrected chi connectivity index (χ1v) is 11.8. The molecule has 0 radical (unpaired) electrons. The van der Waals surface area contributed by atoms with Crippen LogP contribution in [0.2, 0.25) is 0 Å². The lowest BCUT2D eigenvalue weighted by Crippen LogP contribution is -2.60. The first kappa shape index (κ1) is 29.9. The topological polar surface area (TPSA) is 243 Å². The van der Waals surface area contributed by atoms with E-state index in [4.69, 9.17) is 11.5 Å². The van der Waals surface area contributed by atoms with Crippen molar-refractivity contribution >= 4 is 29.6 Å². The zero-order valence-electron chi connectivity index (χ0n) is 20.8. The zero-order chi connectivity index (χ0) is 28.2. The predicted octanol–water partition coefficient (Wildman–Crippen LogP) is -2.29. The van der Waals surface area contributed by atoms with Crippen LogP contribution in [0.25, 0.3) is 0 Å². The number of nitrogens with zero attached hydrogens (tertiary/aromatic N) is 1. The number of aliphatic hydroxyl groups is 1.